The van der Waals surface area contributed by atoms with Crippen LogP contribution in [0.2, 0.25) is 0 Å². The van der Waals surface area contributed by atoms with Gasteiger partial charge in [0, 0.05) is 19.7 Å². The predicted octanol–water partition coefficient (Wildman–Crippen LogP) is 2.49. The van der Waals surface area contributed by atoms with Crippen LogP contribution in [0.25, 0.3) is 16.9 Å². The summed E-state index contributed by atoms with van der Waals surface area (Å²) in [6.45, 7) is 5.29. The highest BCUT2D eigenvalue weighted by Crippen LogP contribution is 2.23. The van der Waals surface area contributed by atoms with E-state index < -0.39 is 0 Å². The summed E-state index contributed by atoms with van der Waals surface area (Å²) in [5, 5.41) is 0. The first-order chi connectivity index (χ1) is 10.6. The van der Waals surface area contributed by atoms with Gasteiger partial charge in [0.15, 0.2) is 0 Å². The first-order valence-corrected chi connectivity index (χ1v) is 7.33. The van der Waals surface area contributed by atoms with Crippen molar-refractivity contribution in [3.05, 3.63) is 36.7 Å². The minimum atomic E-state index is 0.428. The smallest absolute Gasteiger partial charge is 0.207 e. The van der Waals surface area contributed by atoms with Crippen molar-refractivity contribution in [1.82, 2.24) is 19.5 Å². The van der Waals surface area contributed by atoms with E-state index in [4.69, 9.17) is 5.73 Å². The lowest BCUT2D eigenvalue weighted by molar-refractivity contribution is 0.634. The lowest BCUT2D eigenvalue weighted by Gasteiger charge is -2.20. The number of para-hydroxylation sites is 2. The van der Waals surface area contributed by atoms with Crippen LogP contribution in [-0.2, 0) is 0 Å². The van der Waals surface area contributed by atoms with Gasteiger partial charge in [-0.2, -0.15) is 0 Å². The molecule has 114 valence electrons. The molecular weight excluding hydrogens is 276 g/mol. The van der Waals surface area contributed by atoms with Crippen LogP contribution < -0.4 is 10.6 Å². The van der Waals surface area contributed by atoms with Crippen molar-refractivity contribution in [2.45, 2.75) is 13.8 Å². The third kappa shape index (κ3) is 2.59. The molecule has 2 heterocycles. The Bertz CT molecular complexity index is 792. The summed E-state index contributed by atoms with van der Waals surface area (Å²) in [6.07, 6.45) is 1.57. The molecule has 0 aliphatic heterocycles. The van der Waals surface area contributed by atoms with Gasteiger partial charge in [0.25, 0.3) is 0 Å². The number of rotatable bonds is 4. The number of anilines is 2. The molecule has 0 spiro atoms. The third-order valence-electron chi connectivity index (χ3n) is 3.48. The highest BCUT2D eigenvalue weighted by Gasteiger charge is 2.13. The lowest BCUT2D eigenvalue weighted by atomic mass is 10.2. The molecule has 2 N–H and O–H groups in total. The van der Waals surface area contributed by atoms with Crippen molar-refractivity contribution >= 4 is 22.8 Å². The van der Waals surface area contributed by atoms with Crippen LogP contribution in [-0.4, -0.2) is 33.1 Å². The molecule has 6 heteroatoms. The number of hydrogen-bond donors (Lipinski definition) is 1. The topological polar surface area (TPSA) is 72.9 Å². The average molecular weight is 296 g/mol. The zero-order valence-corrected chi connectivity index (χ0v) is 13.1. The predicted molar refractivity (Wildman–Crippen MR) is 89.2 cm³/mol. The minimum Gasteiger partial charge on any atom is -0.369 e. The largest absolute Gasteiger partial charge is 0.369 e. The fourth-order valence-corrected chi connectivity index (χ4v) is 2.59. The van der Waals surface area contributed by atoms with Gasteiger partial charge in [-0.25, -0.2) is 15.0 Å². The van der Waals surface area contributed by atoms with E-state index in [2.05, 4.69) is 33.7 Å². The molecule has 1 aromatic carbocycles. The summed E-state index contributed by atoms with van der Waals surface area (Å²) in [5.74, 6) is 2.59. The maximum atomic E-state index is 6.07. The Morgan fingerprint density at radius 1 is 1.23 bits per heavy atom. The molecule has 0 aliphatic carbocycles. The molecule has 2 aromatic heterocycles. The van der Waals surface area contributed by atoms with Crippen LogP contribution in [0.15, 0.2) is 36.7 Å². The number of hydrogen-bond acceptors (Lipinski definition) is 5. The molecule has 0 unspecified atom stereocenters. The number of nitrogen functional groups attached to an aromatic ring is 1. The van der Waals surface area contributed by atoms with Crippen molar-refractivity contribution in [1.29, 1.82) is 0 Å². The van der Waals surface area contributed by atoms with Crippen LogP contribution in [0.1, 0.15) is 13.8 Å². The SMILES string of the molecule is CC(C)CN(C)c1cc(-n2c(N)nc3ccccc32)ncn1. The molecule has 22 heavy (non-hydrogen) atoms. The molecule has 0 bridgehead atoms. The number of imidazole rings is 1. The molecule has 3 rings (SSSR count). The summed E-state index contributed by atoms with van der Waals surface area (Å²) in [4.78, 5) is 15.2. The molecule has 0 saturated heterocycles. The minimum absolute atomic E-state index is 0.428. The van der Waals surface area contributed by atoms with E-state index in [0.29, 0.717) is 11.9 Å². The van der Waals surface area contributed by atoms with E-state index in [0.717, 1.165) is 29.2 Å². The Kier molecular flexibility index (Phi) is 3.66. The van der Waals surface area contributed by atoms with Crippen LogP contribution in [0.3, 0.4) is 0 Å². The van der Waals surface area contributed by atoms with Crippen LogP contribution in [0, 0.1) is 5.92 Å². The zero-order valence-electron chi connectivity index (χ0n) is 13.1. The van der Waals surface area contributed by atoms with Gasteiger partial charge in [-0.05, 0) is 18.1 Å². The van der Waals surface area contributed by atoms with E-state index in [1.807, 2.05) is 41.9 Å². The average Bonchev–Trinajstić information content (AvgIpc) is 2.82. The van der Waals surface area contributed by atoms with Crippen LogP contribution in [0.4, 0.5) is 11.8 Å². The summed E-state index contributed by atoms with van der Waals surface area (Å²) >= 11 is 0. The summed E-state index contributed by atoms with van der Waals surface area (Å²) in [6, 6.07) is 9.77. The van der Waals surface area contributed by atoms with Crippen molar-refractivity contribution < 1.29 is 0 Å². The molecule has 0 aliphatic rings. The fraction of sp³-hybridized carbons (Fsp3) is 0.312. The first-order valence-electron chi connectivity index (χ1n) is 7.33. The van der Waals surface area contributed by atoms with E-state index in [1.54, 1.807) is 6.33 Å². The van der Waals surface area contributed by atoms with Gasteiger partial charge in [0.1, 0.15) is 18.0 Å². The zero-order chi connectivity index (χ0) is 15.7. The second-order valence-corrected chi connectivity index (χ2v) is 5.80. The molecule has 0 amide bonds. The molecule has 0 saturated carbocycles. The van der Waals surface area contributed by atoms with Crippen molar-refractivity contribution in [2.24, 2.45) is 5.92 Å². The monoisotopic (exact) mass is 296 g/mol. The Balaban J connectivity index is 2.06. The number of fused-ring (bicyclic) bond motifs is 1. The van der Waals surface area contributed by atoms with Gasteiger partial charge >= 0.3 is 0 Å². The second-order valence-electron chi connectivity index (χ2n) is 5.80. The fourth-order valence-electron chi connectivity index (χ4n) is 2.59. The van der Waals surface area contributed by atoms with Gasteiger partial charge in [0.05, 0.1) is 11.0 Å². The van der Waals surface area contributed by atoms with Gasteiger partial charge in [0.2, 0.25) is 5.95 Å². The van der Waals surface area contributed by atoms with E-state index in [9.17, 15) is 0 Å². The Morgan fingerprint density at radius 2 is 2.00 bits per heavy atom. The van der Waals surface area contributed by atoms with Crippen molar-refractivity contribution in [3.8, 4) is 5.82 Å². The van der Waals surface area contributed by atoms with Gasteiger partial charge in [-0.1, -0.05) is 26.0 Å². The van der Waals surface area contributed by atoms with Crippen LogP contribution in [0.5, 0.6) is 0 Å². The highest BCUT2D eigenvalue weighted by molar-refractivity contribution is 5.80. The molecule has 6 nitrogen and oxygen atoms in total. The Morgan fingerprint density at radius 3 is 2.77 bits per heavy atom. The van der Waals surface area contributed by atoms with Crippen molar-refractivity contribution in [2.75, 3.05) is 24.2 Å². The number of benzene rings is 1. The normalized spacial score (nSPS) is 11.3. The molecule has 0 radical (unpaired) electrons. The molecule has 3 aromatic rings. The number of nitrogens with two attached hydrogens (primary N) is 1. The van der Waals surface area contributed by atoms with Gasteiger partial charge in [-0.3, -0.25) is 4.57 Å². The third-order valence-corrected chi connectivity index (χ3v) is 3.48. The Hall–Kier alpha value is -2.63. The number of nitrogens with zero attached hydrogens (tertiary/aromatic N) is 5. The van der Waals surface area contributed by atoms with Gasteiger partial charge in [-0.15, -0.1) is 0 Å². The van der Waals surface area contributed by atoms with E-state index in [-0.39, 0.29) is 0 Å². The summed E-state index contributed by atoms with van der Waals surface area (Å²) in [5.41, 5.74) is 7.87. The molecule has 0 atom stereocenters. The quantitative estimate of drug-likeness (QED) is 0.800. The maximum absolute atomic E-state index is 6.07. The van der Waals surface area contributed by atoms with E-state index >= 15 is 0 Å². The van der Waals surface area contributed by atoms with Gasteiger partial charge < -0.3 is 10.6 Å². The standard InChI is InChI=1S/C16H20N6/c1-11(2)9-21(3)14-8-15(19-10-18-14)22-13-7-5-4-6-12(13)20-16(22)17/h4-8,10-11H,9H2,1-3H3,(H2,17,20). The van der Waals surface area contributed by atoms with Crippen LogP contribution >= 0.6 is 0 Å². The Labute approximate surface area is 129 Å². The summed E-state index contributed by atoms with van der Waals surface area (Å²) < 4.78 is 1.85. The van der Waals surface area contributed by atoms with E-state index in [1.165, 1.54) is 0 Å². The summed E-state index contributed by atoms with van der Waals surface area (Å²) in [7, 11) is 2.03. The number of aromatic nitrogens is 4. The first kappa shape index (κ1) is 14.3. The molecule has 0 fully saturated rings. The lowest BCUT2D eigenvalue weighted by Crippen LogP contribution is -2.23. The van der Waals surface area contributed by atoms with Crippen molar-refractivity contribution in [3.63, 3.8) is 0 Å². The highest BCUT2D eigenvalue weighted by atomic mass is 15.2. The maximum Gasteiger partial charge on any atom is 0.207 e. The molecular formula is C16H20N6. The second kappa shape index (κ2) is 5.63.